The lowest BCUT2D eigenvalue weighted by molar-refractivity contribution is -0.140. The topological polar surface area (TPSA) is 96.0 Å². The quantitative estimate of drug-likeness (QED) is 0.251. The van der Waals surface area contributed by atoms with E-state index in [1.54, 1.807) is 19.1 Å². The maximum Gasteiger partial charge on any atom is 0.264 e. The summed E-state index contributed by atoms with van der Waals surface area (Å²) in [5.41, 5.74) is 0.596. The van der Waals surface area contributed by atoms with E-state index in [9.17, 15) is 22.4 Å². The number of benzene rings is 3. The van der Waals surface area contributed by atoms with Crippen LogP contribution in [0.3, 0.4) is 0 Å². The number of methoxy groups -OCH3 is 1. The highest BCUT2D eigenvalue weighted by Gasteiger charge is 2.34. The first-order chi connectivity index (χ1) is 19.9. The molecule has 0 bridgehead atoms. The molecule has 8 nitrogen and oxygen atoms in total. The van der Waals surface area contributed by atoms with E-state index in [0.29, 0.717) is 27.9 Å². The number of hydrogen-bond acceptors (Lipinski definition) is 5. The number of ether oxygens (including phenoxy) is 1. The van der Waals surface area contributed by atoms with Crippen molar-refractivity contribution >= 4 is 50.7 Å². The Morgan fingerprint density at radius 1 is 1.00 bits per heavy atom. The monoisotopic (exact) mass is 637 g/mol. The minimum absolute atomic E-state index is 0.0716. The second kappa shape index (κ2) is 14.7. The summed E-state index contributed by atoms with van der Waals surface area (Å²) in [6.07, 6.45) is 0.253. The molecule has 3 rings (SSSR count). The molecule has 1 atom stereocenters. The fraction of sp³-hybridized carbons (Fsp3) is 0.333. The summed E-state index contributed by atoms with van der Waals surface area (Å²) in [6.45, 7) is 5.30. The van der Waals surface area contributed by atoms with Crippen LogP contribution in [-0.4, -0.2) is 51.4 Å². The maximum absolute atomic E-state index is 14.1. The van der Waals surface area contributed by atoms with Gasteiger partial charge in [-0.15, -0.1) is 0 Å². The molecule has 0 heterocycles. The summed E-state index contributed by atoms with van der Waals surface area (Å²) in [5, 5.41) is 3.55. The van der Waals surface area contributed by atoms with E-state index >= 15 is 0 Å². The molecule has 1 N–H and O–H groups in total. The molecule has 0 aliphatic heterocycles. The molecule has 0 saturated heterocycles. The van der Waals surface area contributed by atoms with E-state index in [1.165, 1.54) is 54.5 Å². The minimum Gasteiger partial charge on any atom is -0.497 e. The second-order valence-electron chi connectivity index (χ2n) is 9.98. The summed E-state index contributed by atoms with van der Waals surface area (Å²) in [4.78, 5) is 28.6. The largest absolute Gasteiger partial charge is 0.497 e. The molecule has 0 radical (unpaired) electrons. The molecule has 0 saturated carbocycles. The molecular weight excluding hydrogens is 604 g/mol. The van der Waals surface area contributed by atoms with Gasteiger partial charge in [0.2, 0.25) is 11.8 Å². The Kier molecular flexibility index (Phi) is 11.6. The summed E-state index contributed by atoms with van der Waals surface area (Å²) in [5.74, 6) is -0.990. The number of nitrogens with zero attached hydrogens (tertiary/aromatic N) is 2. The Balaban J connectivity index is 2.06. The Hall–Kier alpha value is -3.34. The first kappa shape index (κ1) is 33.2. The molecule has 0 spiro atoms. The predicted molar refractivity (Wildman–Crippen MR) is 163 cm³/mol. The van der Waals surface area contributed by atoms with Gasteiger partial charge in [0.15, 0.2) is 0 Å². The van der Waals surface area contributed by atoms with Gasteiger partial charge in [-0.1, -0.05) is 50.0 Å². The van der Waals surface area contributed by atoms with Crippen LogP contribution in [0.5, 0.6) is 5.75 Å². The summed E-state index contributed by atoms with van der Waals surface area (Å²) in [6, 6.07) is 14.3. The standard InChI is InChI=1S/C30H34Cl2FN3O5S/c1-5-28(30(38)34-17-20(2)3)35(18-21-6-7-22(31)16-27(21)32)29(37)19-36(24-10-8-23(33)9-11-24)42(39,40)26-14-12-25(41-4)13-15-26/h6-16,20,28H,5,17-19H2,1-4H3,(H,34,38)/t28-/m1/s1. The molecule has 0 aliphatic carbocycles. The van der Waals surface area contributed by atoms with Crippen LogP contribution in [0.25, 0.3) is 0 Å². The van der Waals surface area contributed by atoms with Crippen molar-refractivity contribution in [2.24, 2.45) is 5.92 Å². The third-order valence-electron chi connectivity index (χ3n) is 6.47. The normalized spacial score (nSPS) is 12.1. The van der Waals surface area contributed by atoms with Gasteiger partial charge in [0.05, 0.1) is 17.7 Å². The van der Waals surface area contributed by atoms with Crippen LogP contribution in [0.15, 0.2) is 71.6 Å². The van der Waals surface area contributed by atoms with Crippen LogP contribution in [-0.2, 0) is 26.2 Å². The number of halogens is 3. The molecule has 0 aromatic heterocycles. The van der Waals surface area contributed by atoms with Gasteiger partial charge in [-0.25, -0.2) is 12.8 Å². The van der Waals surface area contributed by atoms with Gasteiger partial charge in [0.1, 0.15) is 24.2 Å². The highest BCUT2D eigenvalue weighted by atomic mass is 35.5. The molecular formula is C30H34Cl2FN3O5S. The van der Waals surface area contributed by atoms with Crippen molar-refractivity contribution in [2.45, 2.75) is 44.7 Å². The van der Waals surface area contributed by atoms with Crippen molar-refractivity contribution in [1.82, 2.24) is 10.2 Å². The van der Waals surface area contributed by atoms with Crippen LogP contribution >= 0.6 is 23.2 Å². The van der Waals surface area contributed by atoms with Crippen LogP contribution in [0.1, 0.15) is 32.8 Å². The Morgan fingerprint density at radius 2 is 1.64 bits per heavy atom. The molecule has 0 aliphatic rings. The number of nitrogens with one attached hydrogen (secondary N) is 1. The summed E-state index contributed by atoms with van der Waals surface area (Å²) < 4.78 is 47.6. The lowest BCUT2D eigenvalue weighted by Gasteiger charge is -2.33. The molecule has 12 heteroatoms. The average molecular weight is 639 g/mol. The van der Waals surface area contributed by atoms with Crippen LogP contribution in [0.4, 0.5) is 10.1 Å². The Bertz CT molecular complexity index is 1490. The van der Waals surface area contributed by atoms with Crippen molar-refractivity contribution in [2.75, 3.05) is 24.5 Å². The maximum atomic E-state index is 14.1. The second-order valence-corrected chi connectivity index (χ2v) is 12.7. The molecule has 2 amide bonds. The van der Waals surface area contributed by atoms with Crippen LogP contribution < -0.4 is 14.4 Å². The molecule has 0 fully saturated rings. The van der Waals surface area contributed by atoms with Crippen molar-refractivity contribution in [3.05, 3.63) is 88.2 Å². The fourth-order valence-corrected chi connectivity index (χ4v) is 6.07. The molecule has 3 aromatic rings. The van der Waals surface area contributed by atoms with Crippen LogP contribution in [0, 0.1) is 11.7 Å². The number of rotatable bonds is 13. The first-order valence-corrected chi connectivity index (χ1v) is 15.5. The van der Waals surface area contributed by atoms with E-state index in [2.05, 4.69) is 5.32 Å². The van der Waals surface area contributed by atoms with Gasteiger partial charge in [0, 0.05) is 23.1 Å². The van der Waals surface area contributed by atoms with E-state index in [-0.39, 0.29) is 35.4 Å². The van der Waals surface area contributed by atoms with Gasteiger partial charge in [-0.3, -0.25) is 13.9 Å². The van der Waals surface area contributed by atoms with Gasteiger partial charge < -0.3 is 15.0 Å². The zero-order valence-electron chi connectivity index (χ0n) is 23.8. The number of amides is 2. The predicted octanol–water partition coefficient (Wildman–Crippen LogP) is 5.92. The van der Waals surface area contributed by atoms with Gasteiger partial charge in [-0.2, -0.15) is 0 Å². The van der Waals surface area contributed by atoms with E-state index < -0.39 is 34.3 Å². The van der Waals surface area contributed by atoms with Crippen molar-refractivity contribution in [3.8, 4) is 5.75 Å². The van der Waals surface area contributed by atoms with Crippen molar-refractivity contribution in [3.63, 3.8) is 0 Å². The number of sulfonamides is 1. The smallest absolute Gasteiger partial charge is 0.264 e. The third kappa shape index (κ3) is 8.36. The SMILES string of the molecule is CC[C@H](C(=O)NCC(C)C)N(Cc1ccc(Cl)cc1Cl)C(=O)CN(c1ccc(F)cc1)S(=O)(=O)c1ccc(OC)cc1. The Labute approximate surface area is 256 Å². The number of hydrogen-bond donors (Lipinski definition) is 1. The number of carbonyl (C=O) groups is 2. The molecule has 226 valence electrons. The average Bonchev–Trinajstić information content (AvgIpc) is 2.96. The van der Waals surface area contributed by atoms with Crippen molar-refractivity contribution in [1.29, 1.82) is 0 Å². The lowest BCUT2D eigenvalue weighted by atomic mass is 10.1. The minimum atomic E-state index is -4.32. The van der Waals surface area contributed by atoms with E-state index in [0.717, 1.165) is 16.4 Å². The molecule has 0 unspecified atom stereocenters. The summed E-state index contributed by atoms with van der Waals surface area (Å²) >= 11 is 12.5. The van der Waals surface area contributed by atoms with E-state index in [4.69, 9.17) is 27.9 Å². The number of carbonyl (C=O) groups excluding carboxylic acids is 2. The third-order valence-corrected chi connectivity index (χ3v) is 8.84. The molecule has 3 aromatic carbocycles. The Morgan fingerprint density at radius 3 is 2.19 bits per heavy atom. The van der Waals surface area contributed by atoms with Gasteiger partial charge in [-0.05, 0) is 78.6 Å². The van der Waals surface area contributed by atoms with Crippen LogP contribution in [0.2, 0.25) is 10.0 Å². The number of anilines is 1. The molecule has 42 heavy (non-hydrogen) atoms. The first-order valence-electron chi connectivity index (χ1n) is 13.3. The zero-order chi connectivity index (χ0) is 31.0. The zero-order valence-corrected chi connectivity index (χ0v) is 26.1. The van der Waals surface area contributed by atoms with Gasteiger partial charge in [0.25, 0.3) is 10.0 Å². The highest BCUT2D eigenvalue weighted by molar-refractivity contribution is 7.92. The fourth-order valence-electron chi connectivity index (χ4n) is 4.19. The summed E-state index contributed by atoms with van der Waals surface area (Å²) in [7, 11) is -2.86. The highest BCUT2D eigenvalue weighted by Crippen LogP contribution is 2.28. The van der Waals surface area contributed by atoms with Gasteiger partial charge >= 0.3 is 0 Å². The van der Waals surface area contributed by atoms with E-state index in [1.807, 2.05) is 13.8 Å². The van der Waals surface area contributed by atoms with Crippen molar-refractivity contribution < 1.29 is 27.1 Å². The lowest BCUT2D eigenvalue weighted by Crippen LogP contribution is -2.52.